The highest BCUT2D eigenvalue weighted by molar-refractivity contribution is 6.30. The van der Waals surface area contributed by atoms with Gasteiger partial charge in [0.1, 0.15) is 0 Å². The van der Waals surface area contributed by atoms with Gasteiger partial charge in [0.15, 0.2) is 0 Å². The zero-order valence-electron chi connectivity index (χ0n) is 11.1. The SMILES string of the molecule is CN(Cc1ccc(Cl)cc1)Cc1ccccc1[N+](=O)[O-]. The van der Waals surface area contributed by atoms with Crippen molar-refractivity contribution in [2.75, 3.05) is 7.05 Å². The predicted octanol–water partition coefficient (Wildman–Crippen LogP) is 3.88. The molecule has 0 atom stereocenters. The molecule has 0 fully saturated rings. The summed E-state index contributed by atoms with van der Waals surface area (Å²) >= 11 is 5.85. The summed E-state index contributed by atoms with van der Waals surface area (Å²) in [7, 11) is 1.94. The molecule has 0 saturated heterocycles. The summed E-state index contributed by atoms with van der Waals surface area (Å²) in [6.45, 7) is 1.24. The van der Waals surface area contributed by atoms with E-state index in [1.165, 1.54) is 6.07 Å². The monoisotopic (exact) mass is 290 g/mol. The molecule has 0 aliphatic carbocycles. The highest BCUT2D eigenvalue weighted by Crippen LogP contribution is 2.20. The van der Waals surface area contributed by atoms with Crippen LogP contribution in [0.25, 0.3) is 0 Å². The van der Waals surface area contributed by atoms with Gasteiger partial charge in [0.25, 0.3) is 5.69 Å². The Hall–Kier alpha value is -1.91. The quantitative estimate of drug-likeness (QED) is 0.620. The van der Waals surface area contributed by atoms with Gasteiger partial charge in [0, 0.05) is 29.7 Å². The van der Waals surface area contributed by atoms with Crippen LogP contribution in [0.5, 0.6) is 0 Å². The van der Waals surface area contributed by atoms with Crippen molar-refractivity contribution in [1.82, 2.24) is 4.90 Å². The minimum absolute atomic E-state index is 0.162. The van der Waals surface area contributed by atoms with Crippen molar-refractivity contribution < 1.29 is 4.92 Å². The van der Waals surface area contributed by atoms with Crippen molar-refractivity contribution in [3.05, 3.63) is 74.8 Å². The number of hydrogen-bond donors (Lipinski definition) is 0. The molecule has 0 unspecified atom stereocenters. The molecule has 5 heteroatoms. The van der Waals surface area contributed by atoms with Gasteiger partial charge in [-0.25, -0.2) is 0 Å². The smallest absolute Gasteiger partial charge is 0.273 e. The average molecular weight is 291 g/mol. The molecular weight excluding hydrogens is 276 g/mol. The van der Waals surface area contributed by atoms with E-state index >= 15 is 0 Å². The molecule has 4 nitrogen and oxygen atoms in total. The van der Waals surface area contributed by atoms with Gasteiger partial charge in [-0.05, 0) is 24.7 Å². The molecule has 0 radical (unpaired) electrons. The average Bonchev–Trinajstić information content (AvgIpc) is 2.41. The zero-order valence-corrected chi connectivity index (χ0v) is 11.9. The summed E-state index contributed by atoms with van der Waals surface area (Å²) in [6.07, 6.45) is 0. The molecule has 0 aliphatic heterocycles. The Bertz CT molecular complexity index is 599. The van der Waals surface area contributed by atoms with E-state index in [1.807, 2.05) is 42.3 Å². The minimum atomic E-state index is -0.342. The first-order valence-electron chi connectivity index (χ1n) is 6.21. The van der Waals surface area contributed by atoms with Gasteiger partial charge in [-0.2, -0.15) is 0 Å². The van der Waals surface area contributed by atoms with Crippen LogP contribution in [0.2, 0.25) is 5.02 Å². The molecule has 0 amide bonds. The van der Waals surface area contributed by atoms with Gasteiger partial charge < -0.3 is 0 Å². The summed E-state index contributed by atoms with van der Waals surface area (Å²) in [5.41, 5.74) is 2.00. The first kappa shape index (κ1) is 14.5. The molecule has 0 saturated carbocycles. The standard InChI is InChI=1S/C15H15ClN2O2/c1-17(10-12-6-8-14(16)9-7-12)11-13-4-2-3-5-15(13)18(19)20/h2-9H,10-11H2,1H3. The maximum Gasteiger partial charge on any atom is 0.273 e. The molecule has 2 rings (SSSR count). The van der Waals surface area contributed by atoms with Gasteiger partial charge >= 0.3 is 0 Å². The van der Waals surface area contributed by atoms with E-state index in [0.29, 0.717) is 23.7 Å². The van der Waals surface area contributed by atoms with Gasteiger partial charge in [-0.15, -0.1) is 0 Å². The number of benzene rings is 2. The van der Waals surface area contributed by atoms with Crippen LogP contribution in [0.1, 0.15) is 11.1 Å². The Kier molecular flexibility index (Phi) is 4.71. The molecule has 2 aromatic rings. The zero-order chi connectivity index (χ0) is 14.5. The molecule has 0 bridgehead atoms. The van der Waals surface area contributed by atoms with E-state index in [2.05, 4.69) is 0 Å². The van der Waals surface area contributed by atoms with E-state index in [4.69, 9.17) is 11.6 Å². The third kappa shape index (κ3) is 3.79. The molecule has 104 valence electrons. The molecule has 0 N–H and O–H groups in total. The lowest BCUT2D eigenvalue weighted by molar-refractivity contribution is -0.385. The van der Waals surface area contributed by atoms with Crippen LogP contribution in [0, 0.1) is 10.1 Å². The second-order valence-corrected chi connectivity index (χ2v) is 5.12. The number of para-hydroxylation sites is 1. The van der Waals surface area contributed by atoms with Gasteiger partial charge in [0.05, 0.1) is 4.92 Å². The van der Waals surface area contributed by atoms with Crippen LogP contribution >= 0.6 is 11.6 Å². The van der Waals surface area contributed by atoms with Crippen molar-refractivity contribution in [1.29, 1.82) is 0 Å². The third-order valence-electron chi connectivity index (χ3n) is 2.99. The van der Waals surface area contributed by atoms with Crippen LogP contribution in [-0.2, 0) is 13.1 Å². The number of nitro benzene ring substituents is 1. The van der Waals surface area contributed by atoms with Crippen molar-refractivity contribution in [3.8, 4) is 0 Å². The van der Waals surface area contributed by atoms with E-state index in [1.54, 1.807) is 12.1 Å². The topological polar surface area (TPSA) is 46.4 Å². The molecule has 0 aromatic heterocycles. The highest BCUT2D eigenvalue weighted by Gasteiger charge is 2.13. The van der Waals surface area contributed by atoms with Crippen molar-refractivity contribution in [3.63, 3.8) is 0 Å². The fraction of sp³-hybridized carbons (Fsp3) is 0.200. The third-order valence-corrected chi connectivity index (χ3v) is 3.25. The second-order valence-electron chi connectivity index (χ2n) is 4.68. The maximum atomic E-state index is 11.0. The fourth-order valence-corrected chi connectivity index (χ4v) is 2.20. The first-order chi connectivity index (χ1) is 9.56. The van der Waals surface area contributed by atoms with E-state index in [-0.39, 0.29) is 10.6 Å². The largest absolute Gasteiger partial charge is 0.298 e. The molecule has 20 heavy (non-hydrogen) atoms. The molecule has 2 aromatic carbocycles. The van der Waals surface area contributed by atoms with Crippen LogP contribution in [0.3, 0.4) is 0 Å². The predicted molar refractivity (Wildman–Crippen MR) is 79.7 cm³/mol. The lowest BCUT2D eigenvalue weighted by Gasteiger charge is -2.16. The van der Waals surface area contributed by atoms with Gasteiger partial charge in [-0.3, -0.25) is 15.0 Å². The fourth-order valence-electron chi connectivity index (χ4n) is 2.07. The number of hydrogen-bond acceptors (Lipinski definition) is 3. The van der Waals surface area contributed by atoms with Crippen molar-refractivity contribution in [2.24, 2.45) is 0 Å². The Morgan fingerprint density at radius 1 is 1.10 bits per heavy atom. The summed E-state index contributed by atoms with van der Waals surface area (Å²) in [6, 6.07) is 14.4. The summed E-state index contributed by atoms with van der Waals surface area (Å²) in [5, 5.41) is 11.7. The molecule has 0 spiro atoms. The lowest BCUT2D eigenvalue weighted by Crippen LogP contribution is -2.17. The number of nitrogens with zero attached hydrogens (tertiary/aromatic N) is 2. The number of rotatable bonds is 5. The molecule has 0 heterocycles. The summed E-state index contributed by atoms with van der Waals surface area (Å²) < 4.78 is 0. The second kappa shape index (κ2) is 6.50. The summed E-state index contributed by atoms with van der Waals surface area (Å²) in [4.78, 5) is 12.7. The van der Waals surface area contributed by atoms with E-state index in [9.17, 15) is 10.1 Å². The number of halogens is 1. The van der Waals surface area contributed by atoms with E-state index < -0.39 is 0 Å². The van der Waals surface area contributed by atoms with Crippen molar-refractivity contribution >= 4 is 17.3 Å². The lowest BCUT2D eigenvalue weighted by atomic mass is 10.1. The maximum absolute atomic E-state index is 11.0. The van der Waals surface area contributed by atoms with Crippen molar-refractivity contribution in [2.45, 2.75) is 13.1 Å². The van der Waals surface area contributed by atoms with Crippen LogP contribution < -0.4 is 0 Å². The van der Waals surface area contributed by atoms with Gasteiger partial charge in [-0.1, -0.05) is 41.9 Å². The van der Waals surface area contributed by atoms with Crippen LogP contribution in [0.15, 0.2) is 48.5 Å². The first-order valence-corrected chi connectivity index (χ1v) is 6.59. The molecular formula is C15H15ClN2O2. The van der Waals surface area contributed by atoms with E-state index in [0.717, 1.165) is 5.56 Å². The van der Waals surface area contributed by atoms with Gasteiger partial charge in [0.2, 0.25) is 0 Å². The minimum Gasteiger partial charge on any atom is -0.298 e. The Balaban J connectivity index is 2.06. The molecule has 0 aliphatic rings. The highest BCUT2D eigenvalue weighted by atomic mass is 35.5. The Morgan fingerprint density at radius 2 is 1.75 bits per heavy atom. The number of nitro groups is 1. The van der Waals surface area contributed by atoms with Crippen LogP contribution in [-0.4, -0.2) is 16.9 Å². The Labute approximate surface area is 122 Å². The normalized spacial score (nSPS) is 10.8. The Morgan fingerprint density at radius 3 is 2.40 bits per heavy atom. The van der Waals surface area contributed by atoms with Crippen LogP contribution in [0.4, 0.5) is 5.69 Å². The summed E-state index contributed by atoms with van der Waals surface area (Å²) in [5.74, 6) is 0.